The van der Waals surface area contributed by atoms with Crippen molar-refractivity contribution >= 4 is 11.6 Å². The van der Waals surface area contributed by atoms with Gasteiger partial charge in [0.2, 0.25) is 0 Å². The number of rotatable bonds is 0. The first kappa shape index (κ1) is 9.06. The molecule has 1 aromatic carbocycles. The highest BCUT2D eigenvalue weighted by Crippen LogP contribution is 2.28. The van der Waals surface area contributed by atoms with Crippen molar-refractivity contribution in [3.8, 4) is 0 Å². The maximum Gasteiger partial charge on any atom is 0.251 e. The van der Waals surface area contributed by atoms with Gasteiger partial charge in [0.1, 0.15) is 0 Å². The number of amides is 1. The lowest BCUT2D eigenvalue weighted by atomic mass is 9.86. The first-order valence-electron chi connectivity index (χ1n) is 4.80. The number of nitrogen functional groups attached to an aromatic ring is 1. The molecule has 1 aromatic rings. The lowest BCUT2D eigenvalue weighted by Gasteiger charge is -2.29. The molecule has 3 N–H and O–H groups in total. The summed E-state index contributed by atoms with van der Waals surface area (Å²) in [6.45, 7) is 4.11. The van der Waals surface area contributed by atoms with Gasteiger partial charge in [0.05, 0.1) is 0 Å². The molecule has 2 atom stereocenters. The number of nitrogens with two attached hydrogens (primary N) is 1. The van der Waals surface area contributed by atoms with Gasteiger partial charge in [-0.2, -0.15) is 0 Å². The Morgan fingerprint density at radius 3 is 2.79 bits per heavy atom. The Hall–Kier alpha value is -1.51. The fourth-order valence-corrected chi connectivity index (χ4v) is 1.84. The Kier molecular flexibility index (Phi) is 1.95. The Morgan fingerprint density at radius 2 is 2.07 bits per heavy atom. The lowest BCUT2D eigenvalue weighted by molar-refractivity contribution is 0.0921. The summed E-state index contributed by atoms with van der Waals surface area (Å²) in [4.78, 5) is 11.6. The molecule has 0 spiro atoms. The number of fused-ring (bicyclic) bond motifs is 1. The van der Waals surface area contributed by atoms with E-state index in [4.69, 9.17) is 5.73 Å². The van der Waals surface area contributed by atoms with Gasteiger partial charge in [-0.25, -0.2) is 0 Å². The van der Waals surface area contributed by atoms with Crippen LogP contribution in [0.2, 0.25) is 0 Å². The van der Waals surface area contributed by atoms with Crippen molar-refractivity contribution in [2.75, 3.05) is 5.73 Å². The average Bonchev–Trinajstić information content (AvgIpc) is 2.14. The van der Waals surface area contributed by atoms with Gasteiger partial charge in [-0.15, -0.1) is 0 Å². The summed E-state index contributed by atoms with van der Waals surface area (Å²) in [5, 5.41) is 2.92. The van der Waals surface area contributed by atoms with Crippen LogP contribution in [0.4, 0.5) is 5.69 Å². The molecule has 0 radical (unpaired) electrons. The summed E-state index contributed by atoms with van der Waals surface area (Å²) in [5.74, 6) is 0.330. The van der Waals surface area contributed by atoms with Crippen molar-refractivity contribution in [3.63, 3.8) is 0 Å². The highest BCUT2D eigenvalue weighted by Gasteiger charge is 2.27. The molecule has 2 unspecified atom stereocenters. The average molecular weight is 190 g/mol. The van der Waals surface area contributed by atoms with E-state index in [-0.39, 0.29) is 11.9 Å². The third-order valence-corrected chi connectivity index (χ3v) is 2.92. The second-order valence-corrected chi connectivity index (χ2v) is 3.90. The lowest BCUT2D eigenvalue weighted by Crippen LogP contribution is -2.41. The van der Waals surface area contributed by atoms with Crippen LogP contribution in [-0.2, 0) is 0 Å². The molecular formula is C11H14N2O. The monoisotopic (exact) mass is 190 g/mol. The van der Waals surface area contributed by atoms with Gasteiger partial charge in [-0.3, -0.25) is 4.79 Å². The zero-order valence-electron chi connectivity index (χ0n) is 8.37. The van der Waals surface area contributed by atoms with E-state index in [9.17, 15) is 4.79 Å². The van der Waals surface area contributed by atoms with E-state index in [2.05, 4.69) is 12.2 Å². The first-order valence-corrected chi connectivity index (χ1v) is 4.80. The number of hydrogen-bond acceptors (Lipinski definition) is 2. The molecule has 0 aromatic heterocycles. The number of carbonyl (C=O) groups excluding carboxylic acids is 1. The predicted molar refractivity (Wildman–Crippen MR) is 56.2 cm³/mol. The summed E-state index contributed by atoms with van der Waals surface area (Å²) >= 11 is 0. The van der Waals surface area contributed by atoms with Crippen LogP contribution in [-0.4, -0.2) is 11.9 Å². The molecule has 14 heavy (non-hydrogen) atoms. The highest BCUT2D eigenvalue weighted by molar-refractivity contribution is 5.97. The van der Waals surface area contributed by atoms with Crippen LogP contribution in [0.3, 0.4) is 0 Å². The van der Waals surface area contributed by atoms with Crippen molar-refractivity contribution in [2.24, 2.45) is 0 Å². The predicted octanol–water partition coefficient (Wildman–Crippen LogP) is 1.50. The molecule has 3 nitrogen and oxygen atoms in total. The van der Waals surface area contributed by atoms with Gasteiger partial charge < -0.3 is 11.1 Å². The number of nitrogens with one attached hydrogen (secondary N) is 1. The largest absolute Gasteiger partial charge is 0.399 e. The van der Waals surface area contributed by atoms with Crippen LogP contribution in [0, 0.1) is 0 Å². The van der Waals surface area contributed by atoms with Gasteiger partial charge in [0, 0.05) is 23.2 Å². The van der Waals surface area contributed by atoms with E-state index in [1.807, 2.05) is 13.0 Å². The summed E-state index contributed by atoms with van der Waals surface area (Å²) in [7, 11) is 0. The SMILES string of the molecule is CC1NC(=O)c2ccc(N)cc2C1C. The molecule has 1 aliphatic rings. The molecule has 2 rings (SSSR count). The molecule has 0 bridgehead atoms. The molecule has 0 aliphatic carbocycles. The molecule has 0 saturated carbocycles. The van der Waals surface area contributed by atoms with E-state index < -0.39 is 0 Å². The maximum atomic E-state index is 11.6. The molecule has 1 heterocycles. The Labute approximate surface area is 83.3 Å². The fourth-order valence-electron chi connectivity index (χ4n) is 1.84. The second-order valence-electron chi connectivity index (χ2n) is 3.90. The van der Waals surface area contributed by atoms with Crippen molar-refractivity contribution < 1.29 is 4.79 Å². The normalized spacial score (nSPS) is 25.4. The smallest absolute Gasteiger partial charge is 0.251 e. The second kappa shape index (κ2) is 3.01. The Morgan fingerprint density at radius 1 is 1.36 bits per heavy atom. The van der Waals surface area contributed by atoms with E-state index in [0.717, 1.165) is 16.8 Å². The van der Waals surface area contributed by atoms with Crippen molar-refractivity contribution in [1.82, 2.24) is 5.32 Å². The zero-order valence-corrected chi connectivity index (χ0v) is 8.37. The van der Waals surface area contributed by atoms with Crippen LogP contribution in [0.25, 0.3) is 0 Å². The summed E-state index contributed by atoms with van der Waals surface area (Å²) in [6.07, 6.45) is 0. The number of benzene rings is 1. The molecule has 74 valence electrons. The van der Waals surface area contributed by atoms with Crippen molar-refractivity contribution in [3.05, 3.63) is 29.3 Å². The van der Waals surface area contributed by atoms with E-state index in [1.165, 1.54) is 0 Å². The molecule has 3 heteroatoms. The Balaban J connectivity index is 2.56. The van der Waals surface area contributed by atoms with Gasteiger partial charge in [0.25, 0.3) is 5.91 Å². The topological polar surface area (TPSA) is 55.1 Å². The minimum atomic E-state index is 0.00519. The summed E-state index contributed by atoms with van der Waals surface area (Å²) in [6, 6.07) is 5.63. The molecule has 1 amide bonds. The van der Waals surface area contributed by atoms with E-state index in [1.54, 1.807) is 12.1 Å². The van der Waals surface area contributed by atoms with Crippen LogP contribution in [0.5, 0.6) is 0 Å². The van der Waals surface area contributed by atoms with E-state index >= 15 is 0 Å². The van der Waals surface area contributed by atoms with Crippen LogP contribution >= 0.6 is 0 Å². The van der Waals surface area contributed by atoms with E-state index in [0.29, 0.717) is 5.92 Å². The van der Waals surface area contributed by atoms with Crippen LogP contribution in [0.15, 0.2) is 18.2 Å². The zero-order chi connectivity index (χ0) is 10.3. The summed E-state index contributed by atoms with van der Waals surface area (Å²) in [5.41, 5.74) is 8.23. The molecular weight excluding hydrogens is 176 g/mol. The fraction of sp³-hybridized carbons (Fsp3) is 0.364. The molecule has 1 aliphatic heterocycles. The van der Waals surface area contributed by atoms with Gasteiger partial charge >= 0.3 is 0 Å². The maximum absolute atomic E-state index is 11.6. The molecule has 0 fully saturated rings. The van der Waals surface area contributed by atoms with Crippen molar-refractivity contribution in [1.29, 1.82) is 0 Å². The standard InChI is InChI=1S/C11H14N2O/c1-6-7(2)13-11(14)9-4-3-8(12)5-10(6)9/h3-7H,12H2,1-2H3,(H,13,14). The highest BCUT2D eigenvalue weighted by atomic mass is 16.1. The van der Waals surface area contributed by atoms with Gasteiger partial charge in [-0.1, -0.05) is 6.92 Å². The summed E-state index contributed by atoms with van der Waals surface area (Å²) < 4.78 is 0. The third-order valence-electron chi connectivity index (χ3n) is 2.92. The van der Waals surface area contributed by atoms with Crippen molar-refractivity contribution in [2.45, 2.75) is 25.8 Å². The Bertz CT molecular complexity index is 387. The number of hydrogen-bond donors (Lipinski definition) is 2. The minimum Gasteiger partial charge on any atom is -0.399 e. The van der Waals surface area contributed by atoms with Crippen LogP contribution in [0.1, 0.15) is 35.7 Å². The first-order chi connectivity index (χ1) is 6.59. The minimum absolute atomic E-state index is 0.00519. The van der Waals surface area contributed by atoms with Crippen LogP contribution < -0.4 is 11.1 Å². The third kappa shape index (κ3) is 1.25. The molecule has 0 saturated heterocycles. The number of anilines is 1. The quantitative estimate of drug-likeness (QED) is 0.609. The number of carbonyl (C=O) groups is 1. The van der Waals surface area contributed by atoms with Gasteiger partial charge in [0.15, 0.2) is 0 Å². The van der Waals surface area contributed by atoms with Gasteiger partial charge in [-0.05, 0) is 30.7 Å².